The first-order valence-corrected chi connectivity index (χ1v) is 8.63. The summed E-state index contributed by atoms with van der Waals surface area (Å²) in [5, 5.41) is 19.7. The van der Waals surface area contributed by atoms with Crippen molar-refractivity contribution in [2.24, 2.45) is 0 Å². The Hall–Kier alpha value is -3.48. The molecule has 1 fully saturated rings. The topological polar surface area (TPSA) is 94.9 Å². The smallest absolute Gasteiger partial charge is 0.305 e. The van der Waals surface area contributed by atoms with Gasteiger partial charge in [-0.25, -0.2) is 4.39 Å². The van der Waals surface area contributed by atoms with Crippen molar-refractivity contribution in [3.05, 3.63) is 76.6 Å². The number of aliphatic hydroxyl groups excluding tert-OH is 1. The van der Waals surface area contributed by atoms with E-state index in [0.29, 0.717) is 5.56 Å². The molecule has 0 radical (unpaired) electrons. The highest BCUT2D eigenvalue weighted by molar-refractivity contribution is 6.46. The fourth-order valence-electron chi connectivity index (χ4n) is 3.21. The predicted molar refractivity (Wildman–Crippen MR) is 98.8 cm³/mol. The molecule has 3 rings (SSSR count). The van der Waals surface area contributed by atoms with Crippen LogP contribution < -0.4 is 0 Å². The molecule has 0 aromatic heterocycles. The third kappa shape index (κ3) is 3.51. The van der Waals surface area contributed by atoms with Gasteiger partial charge in [-0.2, -0.15) is 0 Å². The van der Waals surface area contributed by atoms with Crippen LogP contribution in [-0.2, 0) is 14.4 Å². The van der Waals surface area contributed by atoms with Crippen LogP contribution in [0.5, 0.6) is 0 Å². The van der Waals surface area contributed by atoms with E-state index in [4.69, 9.17) is 5.11 Å². The molecule has 28 heavy (non-hydrogen) atoms. The number of carboxylic acids is 1. The SMILES string of the molecule is Cc1ccc(/C(O)=C2/C(=O)C(=O)N(CCC(=O)O)C2c2ccccc2F)cc1. The second-order valence-electron chi connectivity index (χ2n) is 6.52. The van der Waals surface area contributed by atoms with Gasteiger partial charge < -0.3 is 15.1 Å². The second-order valence-corrected chi connectivity index (χ2v) is 6.52. The Morgan fingerprint density at radius 3 is 2.32 bits per heavy atom. The van der Waals surface area contributed by atoms with Crippen LogP contribution in [0.25, 0.3) is 5.76 Å². The van der Waals surface area contributed by atoms with Gasteiger partial charge in [-0.15, -0.1) is 0 Å². The van der Waals surface area contributed by atoms with Crippen molar-refractivity contribution in [3.63, 3.8) is 0 Å². The zero-order valence-electron chi connectivity index (χ0n) is 15.1. The van der Waals surface area contributed by atoms with Crippen molar-refractivity contribution in [1.82, 2.24) is 4.90 Å². The van der Waals surface area contributed by atoms with E-state index < -0.39 is 41.7 Å². The average Bonchev–Trinajstić information content (AvgIpc) is 2.91. The lowest BCUT2D eigenvalue weighted by atomic mass is 9.94. The Labute approximate surface area is 160 Å². The lowest BCUT2D eigenvalue weighted by Crippen LogP contribution is -2.32. The van der Waals surface area contributed by atoms with Crippen LogP contribution in [0.2, 0.25) is 0 Å². The number of hydrogen-bond acceptors (Lipinski definition) is 4. The Morgan fingerprint density at radius 1 is 1.07 bits per heavy atom. The van der Waals surface area contributed by atoms with Gasteiger partial charge in [-0.3, -0.25) is 14.4 Å². The maximum Gasteiger partial charge on any atom is 0.305 e. The molecule has 1 aliphatic heterocycles. The van der Waals surface area contributed by atoms with Crippen LogP contribution in [-0.4, -0.2) is 39.3 Å². The monoisotopic (exact) mass is 383 g/mol. The maximum absolute atomic E-state index is 14.5. The van der Waals surface area contributed by atoms with Crippen molar-refractivity contribution >= 4 is 23.4 Å². The molecule has 2 aromatic carbocycles. The number of aliphatic carboxylic acids is 1. The zero-order valence-corrected chi connectivity index (χ0v) is 15.1. The number of aryl methyl sites for hydroxylation is 1. The molecule has 2 N–H and O–H groups in total. The first-order chi connectivity index (χ1) is 13.3. The minimum absolute atomic E-state index is 0.0146. The summed E-state index contributed by atoms with van der Waals surface area (Å²) in [6.45, 7) is 1.57. The molecule has 1 unspecified atom stereocenters. The third-order valence-electron chi connectivity index (χ3n) is 4.63. The van der Waals surface area contributed by atoms with E-state index in [1.54, 1.807) is 30.3 Å². The number of aliphatic hydroxyl groups is 1. The highest BCUT2D eigenvalue weighted by Crippen LogP contribution is 2.40. The van der Waals surface area contributed by atoms with Crippen molar-refractivity contribution in [2.45, 2.75) is 19.4 Å². The number of amides is 1. The molecule has 0 aliphatic carbocycles. The van der Waals surface area contributed by atoms with Crippen LogP contribution in [0.15, 0.2) is 54.1 Å². The van der Waals surface area contributed by atoms with E-state index in [2.05, 4.69) is 0 Å². The van der Waals surface area contributed by atoms with Gasteiger partial charge in [0.05, 0.1) is 18.0 Å². The molecule has 0 spiro atoms. The van der Waals surface area contributed by atoms with E-state index in [-0.39, 0.29) is 17.7 Å². The third-order valence-corrected chi connectivity index (χ3v) is 4.63. The number of rotatable bonds is 5. The summed E-state index contributed by atoms with van der Waals surface area (Å²) >= 11 is 0. The van der Waals surface area contributed by atoms with Crippen LogP contribution >= 0.6 is 0 Å². The first kappa shape index (κ1) is 19.3. The van der Waals surface area contributed by atoms with Crippen molar-refractivity contribution in [1.29, 1.82) is 0 Å². The molecule has 1 amide bonds. The largest absolute Gasteiger partial charge is 0.507 e. The molecular weight excluding hydrogens is 365 g/mol. The highest BCUT2D eigenvalue weighted by atomic mass is 19.1. The predicted octanol–water partition coefficient (Wildman–Crippen LogP) is 3.03. The van der Waals surface area contributed by atoms with Gasteiger partial charge in [0.1, 0.15) is 11.6 Å². The molecule has 6 nitrogen and oxygen atoms in total. The number of likely N-dealkylation sites (tertiary alicyclic amines) is 1. The Bertz CT molecular complexity index is 981. The summed E-state index contributed by atoms with van der Waals surface area (Å²) in [5.41, 5.74) is 0.998. The van der Waals surface area contributed by atoms with Gasteiger partial charge in [-0.1, -0.05) is 48.0 Å². The number of nitrogens with zero attached hydrogens (tertiary/aromatic N) is 1. The highest BCUT2D eigenvalue weighted by Gasteiger charge is 2.46. The van der Waals surface area contributed by atoms with Crippen LogP contribution in [0.3, 0.4) is 0 Å². The summed E-state index contributed by atoms with van der Waals surface area (Å²) in [7, 11) is 0. The molecular formula is C21H18FNO5. The number of ketones is 1. The molecule has 0 bridgehead atoms. The standard InChI is InChI=1S/C21H18FNO5/c1-12-6-8-13(9-7-12)19(26)17-18(14-4-2-3-5-15(14)22)23(11-10-16(24)25)21(28)20(17)27/h2-9,18,26H,10-11H2,1H3,(H,24,25)/b19-17-. The molecule has 1 atom stereocenters. The van der Waals surface area contributed by atoms with E-state index in [1.807, 2.05) is 6.92 Å². The lowest BCUT2D eigenvalue weighted by Gasteiger charge is -2.25. The van der Waals surface area contributed by atoms with Gasteiger partial charge in [0, 0.05) is 17.7 Å². The van der Waals surface area contributed by atoms with E-state index >= 15 is 0 Å². The summed E-state index contributed by atoms with van der Waals surface area (Å²) in [5.74, 6) is -4.19. The van der Waals surface area contributed by atoms with Gasteiger partial charge in [0.15, 0.2) is 0 Å². The van der Waals surface area contributed by atoms with E-state index in [9.17, 15) is 23.9 Å². The molecule has 7 heteroatoms. The lowest BCUT2D eigenvalue weighted by molar-refractivity contribution is -0.142. The Kier molecular flexibility index (Phi) is 5.26. The quantitative estimate of drug-likeness (QED) is 0.470. The average molecular weight is 383 g/mol. The number of benzene rings is 2. The fraction of sp³-hybridized carbons (Fsp3) is 0.190. The van der Waals surface area contributed by atoms with Gasteiger partial charge >= 0.3 is 5.97 Å². The summed E-state index contributed by atoms with van der Waals surface area (Å²) in [6, 6.07) is 11.0. The maximum atomic E-state index is 14.5. The number of carbonyl (C=O) groups excluding carboxylic acids is 2. The number of halogens is 1. The zero-order chi connectivity index (χ0) is 20.4. The molecule has 0 saturated carbocycles. The van der Waals surface area contributed by atoms with Crippen LogP contribution in [0.1, 0.15) is 29.2 Å². The Morgan fingerprint density at radius 2 is 1.71 bits per heavy atom. The number of Topliss-reactive ketones (excluding diaryl/α,β-unsaturated/α-hetero) is 1. The Balaban J connectivity index is 2.18. The van der Waals surface area contributed by atoms with E-state index in [1.165, 1.54) is 18.2 Å². The summed E-state index contributed by atoms with van der Waals surface area (Å²) in [4.78, 5) is 37.1. The molecule has 144 valence electrons. The van der Waals surface area contributed by atoms with Crippen molar-refractivity contribution in [3.8, 4) is 0 Å². The normalized spacial score (nSPS) is 18.5. The van der Waals surface area contributed by atoms with Crippen LogP contribution in [0.4, 0.5) is 4.39 Å². The fourth-order valence-corrected chi connectivity index (χ4v) is 3.21. The van der Waals surface area contributed by atoms with Gasteiger partial charge in [-0.05, 0) is 13.0 Å². The van der Waals surface area contributed by atoms with Crippen molar-refractivity contribution < 1.29 is 29.0 Å². The van der Waals surface area contributed by atoms with E-state index in [0.717, 1.165) is 10.5 Å². The van der Waals surface area contributed by atoms with Gasteiger partial charge in [0.2, 0.25) is 0 Å². The number of carbonyl (C=O) groups is 3. The summed E-state index contributed by atoms with van der Waals surface area (Å²) in [6.07, 6.45) is -0.414. The molecule has 1 aliphatic rings. The molecule has 2 aromatic rings. The first-order valence-electron chi connectivity index (χ1n) is 8.63. The molecule has 1 saturated heterocycles. The van der Waals surface area contributed by atoms with Gasteiger partial charge in [0.25, 0.3) is 11.7 Å². The second kappa shape index (κ2) is 7.64. The minimum Gasteiger partial charge on any atom is -0.507 e. The van der Waals surface area contributed by atoms with Crippen LogP contribution in [0, 0.1) is 12.7 Å². The number of hydrogen-bond donors (Lipinski definition) is 2. The van der Waals surface area contributed by atoms with Crippen molar-refractivity contribution in [2.75, 3.05) is 6.54 Å². The number of carboxylic acid groups (broad SMARTS) is 1. The minimum atomic E-state index is -1.21. The molecule has 1 heterocycles. The summed E-state index contributed by atoms with van der Waals surface area (Å²) < 4.78 is 14.5.